The second-order valence-corrected chi connectivity index (χ2v) is 8.62. The number of halogens is 2. The van der Waals surface area contributed by atoms with Gasteiger partial charge in [-0.1, -0.05) is 18.6 Å². The second kappa shape index (κ2) is 10.5. The van der Waals surface area contributed by atoms with Crippen LogP contribution in [0.15, 0.2) is 18.2 Å². The number of carbonyl (C=O) groups is 2. The van der Waals surface area contributed by atoms with Crippen LogP contribution in [0.4, 0.5) is 8.78 Å². The molecule has 0 unspecified atom stereocenters. The van der Waals surface area contributed by atoms with E-state index in [0.717, 1.165) is 32.9 Å². The maximum absolute atomic E-state index is 13.0. The molecule has 0 amide bonds. The Labute approximate surface area is 182 Å². The number of piperidine rings is 1. The van der Waals surface area contributed by atoms with Gasteiger partial charge < -0.3 is 14.4 Å². The van der Waals surface area contributed by atoms with Gasteiger partial charge in [0.2, 0.25) is 5.92 Å². The van der Waals surface area contributed by atoms with E-state index in [1.165, 1.54) is 6.42 Å². The third kappa shape index (κ3) is 7.00. The number of ketones is 1. The number of Topliss-reactive ketones (excluding diaryl/α,β-unsaturated/α-hetero) is 1. The number of para-hydroxylation sites is 1. The molecule has 0 bridgehead atoms. The third-order valence-electron chi connectivity index (χ3n) is 5.86. The molecule has 3 rings (SSSR count). The fourth-order valence-corrected chi connectivity index (χ4v) is 4.10. The molecule has 0 spiro atoms. The lowest BCUT2D eigenvalue weighted by molar-refractivity contribution is -0.121. The number of rotatable bonds is 9. The number of hydrogen-bond donors (Lipinski definition) is 1. The summed E-state index contributed by atoms with van der Waals surface area (Å²) in [7, 11) is -1.29. The molecular weight excluding hydrogens is 407 g/mol. The maximum Gasteiger partial charge on any atom is 0.526 e. The lowest BCUT2D eigenvalue weighted by Crippen LogP contribution is -2.36. The number of fused-ring (bicyclic) bond motifs is 1. The molecule has 1 aromatic carbocycles. The van der Waals surface area contributed by atoms with Crippen molar-refractivity contribution in [3.63, 3.8) is 0 Å². The lowest BCUT2D eigenvalue weighted by atomic mass is 9.64. The number of alkyl halides is 2. The van der Waals surface area contributed by atoms with Gasteiger partial charge in [-0.05, 0) is 50.9 Å². The molecule has 6 nitrogen and oxygen atoms in total. The average Bonchev–Trinajstić information content (AvgIpc) is 2.72. The van der Waals surface area contributed by atoms with Gasteiger partial charge in [-0.25, -0.2) is 13.6 Å². The Morgan fingerprint density at radius 1 is 1.29 bits per heavy atom. The van der Waals surface area contributed by atoms with Crippen LogP contribution in [0.1, 0.15) is 61.4 Å². The highest BCUT2D eigenvalue weighted by Gasteiger charge is 2.38. The zero-order chi connectivity index (χ0) is 22.4. The third-order valence-corrected chi connectivity index (χ3v) is 5.86. The SMILES string of the molecule is CC(F)(F)CCC(=O)C[C@H]1Cc2cccc(C(=O)OCCN3CCCCC3)c2OB1O. The molecule has 2 aliphatic heterocycles. The first-order valence-corrected chi connectivity index (χ1v) is 11.0. The zero-order valence-electron chi connectivity index (χ0n) is 17.9. The summed E-state index contributed by atoms with van der Waals surface area (Å²) in [5, 5.41) is 10.4. The first-order valence-electron chi connectivity index (χ1n) is 11.0. The van der Waals surface area contributed by atoms with Crippen molar-refractivity contribution < 1.29 is 32.8 Å². The van der Waals surface area contributed by atoms with Gasteiger partial charge in [0.15, 0.2) is 0 Å². The van der Waals surface area contributed by atoms with Crippen LogP contribution in [0, 0.1) is 0 Å². The number of esters is 1. The zero-order valence-corrected chi connectivity index (χ0v) is 17.9. The van der Waals surface area contributed by atoms with Crippen LogP contribution < -0.4 is 4.65 Å². The van der Waals surface area contributed by atoms with Crippen molar-refractivity contribution in [2.75, 3.05) is 26.2 Å². The van der Waals surface area contributed by atoms with Gasteiger partial charge >= 0.3 is 13.1 Å². The summed E-state index contributed by atoms with van der Waals surface area (Å²) in [6, 6.07) is 5.06. The van der Waals surface area contributed by atoms with Crippen molar-refractivity contribution >= 4 is 18.9 Å². The Kier molecular flexibility index (Phi) is 8.05. The Balaban J connectivity index is 1.56. The van der Waals surface area contributed by atoms with Crippen LogP contribution in [-0.4, -0.2) is 61.0 Å². The summed E-state index contributed by atoms with van der Waals surface area (Å²) in [6.45, 7) is 3.78. The Bertz CT molecular complexity index is 780. The van der Waals surface area contributed by atoms with Crippen LogP contribution in [-0.2, 0) is 16.0 Å². The van der Waals surface area contributed by atoms with E-state index in [9.17, 15) is 23.4 Å². The minimum Gasteiger partial charge on any atom is -0.535 e. The monoisotopic (exact) mass is 437 g/mol. The normalized spacial score (nSPS) is 19.5. The van der Waals surface area contributed by atoms with Crippen LogP contribution in [0.25, 0.3) is 0 Å². The van der Waals surface area contributed by atoms with Crippen molar-refractivity contribution in [2.45, 2.75) is 63.6 Å². The van der Waals surface area contributed by atoms with E-state index in [0.29, 0.717) is 18.5 Å². The maximum atomic E-state index is 13.0. The summed E-state index contributed by atoms with van der Waals surface area (Å²) < 4.78 is 37.0. The molecule has 0 aromatic heterocycles. The minimum atomic E-state index is -2.90. The summed E-state index contributed by atoms with van der Waals surface area (Å²) in [4.78, 5) is 26.9. The molecule has 1 fully saturated rings. The molecule has 1 atom stereocenters. The molecule has 0 saturated carbocycles. The molecule has 0 aliphatic carbocycles. The second-order valence-electron chi connectivity index (χ2n) is 8.62. The van der Waals surface area contributed by atoms with Gasteiger partial charge in [-0.2, -0.15) is 0 Å². The van der Waals surface area contributed by atoms with Crippen molar-refractivity contribution in [3.05, 3.63) is 29.3 Å². The van der Waals surface area contributed by atoms with E-state index in [1.54, 1.807) is 18.2 Å². The van der Waals surface area contributed by atoms with Gasteiger partial charge in [0, 0.05) is 31.6 Å². The summed E-state index contributed by atoms with van der Waals surface area (Å²) in [5.74, 6) is -4.03. The van der Waals surface area contributed by atoms with E-state index in [-0.39, 0.29) is 36.5 Å². The molecule has 9 heteroatoms. The number of nitrogens with zero attached hydrogens (tertiary/aromatic N) is 1. The topological polar surface area (TPSA) is 76.1 Å². The molecule has 0 radical (unpaired) electrons. The average molecular weight is 437 g/mol. The van der Waals surface area contributed by atoms with Gasteiger partial charge in [0.1, 0.15) is 23.7 Å². The van der Waals surface area contributed by atoms with E-state index in [4.69, 9.17) is 9.39 Å². The number of likely N-dealkylation sites (tertiary alicyclic amines) is 1. The van der Waals surface area contributed by atoms with Crippen LogP contribution in [0.2, 0.25) is 5.82 Å². The van der Waals surface area contributed by atoms with E-state index >= 15 is 0 Å². The smallest absolute Gasteiger partial charge is 0.526 e. The van der Waals surface area contributed by atoms with Gasteiger partial charge in [-0.3, -0.25) is 9.69 Å². The molecule has 31 heavy (non-hydrogen) atoms. The van der Waals surface area contributed by atoms with Crippen LogP contribution in [0.3, 0.4) is 0 Å². The first kappa shape index (κ1) is 23.7. The van der Waals surface area contributed by atoms with Crippen molar-refractivity contribution in [1.82, 2.24) is 4.90 Å². The predicted octanol–water partition coefficient (Wildman–Crippen LogP) is 3.51. The quantitative estimate of drug-likeness (QED) is 0.471. The standard InChI is InChI=1S/C22H30BF2NO5/c1-22(24,25)9-8-18(27)15-17-14-16-6-5-7-19(20(16)31-23(17)29)21(28)30-13-12-26-10-3-2-4-11-26/h5-7,17,29H,2-4,8-15H2,1H3/t17-/m1/s1. The fourth-order valence-electron chi connectivity index (χ4n) is 4.10. The van der Waals surface area contributed by atoms with E-state index in [1.807, 2.05) is 0 Å². The van der Waals surface area contributed by atoms with E-state index in [2.05, 4.69) is 4.90 Å². The number of ether oxygens (including phenoxy) is 1. The van der Waals surface area contributed by atoms with Crippen molar-refractivity contribution in [1.29, 1.82) is 0 Å². The molecule has 1 saturated heterocycles. The fraction of sp³-hybridized carbons (Fsp3) is 0.636. The van der Waals surface area contributed by atoms with Gasteiger partial charge in [0.05, 0.1) is 0 Å². The summed E-state index contributed by atoms with van der Waals surface area (Å²) in [5.41, 5.74) is 0.931. The highest BCUT2D eigenvalue weighted by Crippen LogP contribution is 2.37. The molecule has 1 aromatic rings. The molecular formula is C22H30BF2NO5. The van der Waals surface area contributed by atoms with Crippen molar-refractivity contribution in [2.24, 2.45) is 0 Å². The number of hydrogen-bond acceptors (Lipinski definition) is 6. The lowest BCUT2D eigenvalue weighted by Gasteiger charge is -2.28. The van der Waals surface area contributed by atoms with Crippen LogP contribution in [0.5, 0.6) is 5.75 Å². The predicted molar refractivity (Wildman–Crippen MR) is 113 cm³/mol. The Hall–Kier alpha value is -2.00. The number of benzene rings is 1. The summed E-state index contributed by atoms with van der Waals surface area (Å²) in [6.07, 6.45) is 3.07. The van der Waals surface area contributed by atoms with Crippen molar-refractivity contribution in [3.8, 4) is 5.75 Å². The molecule has 1 N–H and O–H groups in total. The van der Waals surface area contributed by atoms with Crippen LogP contribution >= 0.6 is 0 Å². The van der Waals surface area contributed by atoms with Gasteiger partial charge in [0.25, 0.3) is 0 Å². The highest BCUT2D eigenvalue weighted by molar-refractivity contribution is 6.47. The largest absolute Gasteiger partial charge is 0.535 e. The Morgan fingerprint density at radius 2 is 2.03 bits per heavy atom. The molecule has 2 aliphatic rings. The number of carbonyl (C=O) groups excluding carboxylic acids is 2. The molecule has 170 valence electrons. The summed E-state index contributed by atoms with van der Waals surface area (Å²) >= 11 is 0. The molecule has 2 heterocycles. The minimum absolute atomic E-state index is 0.0544. The first-order chi connectivity index (χ1) is 14.7. The van der Waals surface area contributed by atoms with E-state index < -0.39 is 31.2 Å². The highest BCUT2D eigenvalue weighted by atomic mass is 19.3. The Morgan fingerprint density at radius 3 is 2.74 bits per heavy atom. The van der Waals surface area contributed by atoms with Gasteiger partial charge in [-0.15, -0.1) is 0 Å².